The number of hydrogen-bond donors (Lipinski definition) is 0. The van der Waals surface area contributed by atoms with Crippen molar-refractivity contribution in [3.05, 3.63) is 12.2 Å². The van der Waals surface area contributed by atoms with Gasteiger partial charge in [-0.05, 0) is 68.6 Å². The Hall–Kier alpha value is -0.790. The molecule has 5 atom stereocenters. The van der Waals surface area contributed by atoms with Gasteiger partial charge in [0.25, 0.3) is 0 Å². The number of esters is 1. The highest BCUT2D eigenvalue weighted by atomic mass is 16.5. The minimum absolute atomic E-state index is 0.167. The topological polar surface area (TPSA) is 26.3 Å². The SMILES string of the molecule is C/C=C/C(=O)OCC1CCC2C3CCC(C3)C12. The molecule has 0 amide bonds. The summed E-state index contributed by atoms with van der Waals surface area (Å²) in [4.78, 5) is 11.3. The lowest BCUT2D eigenvalue weighted by molar-refractivity contribution is -0.139. The zero-order valence-electron chi connectivity index (χ0n) is 10.6. The van der Waals surface area contributed by atoms with Crippen LogP contribution in [0.2, 0.25) is 0 Å². The molecule has 3 aliphatic rings. The Morgan fingerprint density at radius 1 is 1.24 bits per heavy atom. The van der Waals surface area contributed by atoms with E-state index in [0.29, 0.717) is 12.5 Å². The summed E-state index contributed by atoms with van der Waals surface area (Å²) >= 11 is 0. The van der Waals surface area contributed by atoms with Gasteiger partial charge in [0.1, 0.15) is 0 Å². The molecular formula is C15H22O2. The van der Waals surface area contributed by atoms with Crippen LogP contribution in [0.4, 0.5) is 0 Å². The lowest BCUT2D eigenvalue weighted by Crippen LogP contribution is -2.25. The third kappa shape index (κ3) is 1.92. The number of rotatable bonds is 3. The molecule has 0 aromatic heterocycles. The summed E-state index contributed by atoms with van der Waals surface area (Å²) in [5.41, 5.74) is 0. The molecule has 0 heterocycles. The predicted molar refractivity (Wildman–Crippen MR) is 66.3 cm³/mol. The van der Waals surface area contributed by atoms with Crippen LogP contribution >= 0.6 is 0 Å². The summed E-state index contributed by atoms with van der Waals surface area (Å²) in [6, 6.07) is 0. The van der Waals surface area contributed by atoms with E-state index >= 15 is 0 Å². The second kappa shape index (κ2) is 4.47. The fourth-order valence-corrected chi connectivity index (χ4v) is 4.78. The van der Waals surface area contributed by atoms with Crippen molar-refractivity contribution < 1.29 is 9.53 Å². The largest absolute Gasteiger partial charge is 0.462 e. The first-order chi connectivity index (χ1) is 8.29. The van der Waals surface area contributed by atoms with Crippen LogP contribution in [0.5, 0.6) is 0 Å². The van der Waals surface area contributed by atoms with Gasteiger partial charge in [-0.2, -0.15) is 0 Å². The van der Waals surface area contributed by atoms with Crippen molar-refractivity contribution in [2.24, 2.45) is 29.6 Å². The first-order valence-corrected chi connectivity index (χ1v) is 7.09. The predicted octanol–water partition coefficient (Wildman–Crippen LogP) is 3.18. The van der Waals surface area contributed by atoms with Crippen LogP contribution in [0, 0.1) is 29.6 Å². The lowest BCUT2D eigenvalue weighted by Gasteiger charge is -2.28. The summed E-state index contributed by atoms with van der Waals surface area (Å²) in [7, 11) is 0. The van der Waals surface area contributed by atoms with Crippen LogP contribution in [0.15, 0.2) is 12.2 Å². The molecule has 2 nitrogen and oxygen atoms in total. The van der Waals surface area contributed by atoms with Crippen LogP contribution in [0.3, 0.4) is 0 Å². The van der Waals surface area contributed by atoms with Gasteiger partial charge < -0.3 is 4.74 Å². The molecule has 3 saturated carbocycles. The van der Waals surface area contributed by atoms with E-state index in [1.54, 1.807) is 6.08 Å². The molecule has 2 bridgehead atoms. The van der Waals surface area contributed by atoms with E-state index in [0.717, 1.165) is 23.7 Å². The molecule has 0 radical (unpaired) electrons. The van der Waals surface area contributed by atoms with Crippen molar-refractivity contribution in [1.29, 1.82) is 0 Å². The molecule has 0 N–H and O–H groups in total. The molecule has 3 fully saturated rings. The van der Waals surface area contributed by atoms with Crippen LogP contribution in [-0.2, 0) is 9.53 Å². The van der Waals surface area contributed by atoms with Gasteiger partial charge in [-0.1, -0.05) is 6.08 Å². The van der Waals surface area contributed by atoms with E-state index in [1.165, 1.54) is 38.2 Å². The Balaban J connectivity index is 1.57. The first kappa shape index (κ1) is 11.3. The summed E-state index contributed by atoms with van der Waals surface area (Å²) in [5, 5.41) is 0. The Labute approximate surface area is 103 Å². The summed E-state index contributed by atoms with van der Waals surface area (Å²) < 4.78 is 5.36. The standard InChI is InChI=1S/C15H22O2/c1-2-3-14(16)17-9-12-6-7-13-10-4-5-11(8-10)15(12)13/h2-3,10-13,15H,4-9H2,1H3/b3-2+. The Morgan fingerprint density at radius 2 is 2.06 bits per heavy atom. The third-order valence-corrected chi connectivity index (χ3v) is 5.32. The van der Waals surface area contributed by atoms with E-state index in [1.807, 2.05) is 6.92 Å². The van der Waals surface area contributed by atoms with Crippen LogP contribution in [-0.4, -0.2) is 12.6 Å². The quantitative estimate of drug-likeness (QED) is 0.554. The monoisotopic (exact) mass is 234 g/mol. The third-order valence-electron chi connectivity index (χ3n) is 5.32. The molecule has 0 aromatic carbocycles. The van der Waals surface area contributed by atoms with Gasteiger partial charge in [0.2, 0.25) is 0 Å². The Morgan fingerprint density at radius 3 is 2.88 bits per heavy atom. The van der Waals surface area contributed by atoms with Crippen LogP contribution < -0.4 is 0 Å². The second-order valence-electron chi connectivity index (χ2n) is 6.04. The minimum Gasteiger partial charge on any atom is -0.462 e. The average Bonchev–Trinajstić information content (AvgIpc) is 3.00. The number of fused-ring (bicyclic) bond motifs is 5. The Kier molecular flexibility index (Phi) is 2.97. The highest BCUT2D eigenvalue weighted by molar-refractivity contribution is 5.81. The second-order valence-corrected chi connectivity index (χ2v) is 6.04. The van der Waals surface area contributed by atoms with Crippen molar-refractivity contribution in [2.75, 3.05) is 6.61 Å². The van der Waals surface area contributed by atoms with Crippen molar-refractivity contribution >= 4 is 5.97 Å². The van der Waals surface area contributed by atoms with E-state index in [9.17, 15) is 4.79 Å². The average molecular weight is 234 g/mol. The minimum atomic E-state index is -0.167. The maximum Gasteiger partial charge on any atom is 0.330 e. The maximum absolute atomic E-state index is 11.3. The molecular weight excluding hydrogens is 212 g/mol. The fourth-order valence-electron chi connectivity index (χ4n) is 4.78. The van der Waals surface area contributed by atoms with Crippen molar-refractivity contribution in [3.8, 4) is 0 Å². The van der Waals surface area contributed by atoms with Crippen molar-refractivity contribution in [3.63, 3.8) is 0 Å². The zero-order valence-corrected chi connectivity index (χ0v) is 10.6. The van der Waals surface area contributed by atoms with Gasteiger partial charge >= 0.3 is 5.97 Å². The number of hydrogen-bond acceptors (Lipinski definition) is 2. The lowest BCUT2D eigenvalue weighted by atomic mass is 9.78. The van der Waals surface area contributed by atoms with Gasteiger partial charge in [-0.15, -0.1) is 0 Å². The van der Waals surface area contributed by atoms with E-state index in [2.05, 4.69) is 0 Å². The number of allylic oxidation sites excluding steroid dienone is 1. The molecule has 0 saturated heterocycles. The molecule has 3 aliphatic carbocycles. The molecule has 2 heteroatoms. The summed E-state index contributed by atoms with van der Waals surface area (Å²) in [6.07, 6.45) is 10.3. The van der Waals surface area contributed by atoms with Crippen molar-refractivity contribution in [1.82, 2.24) is 0 Å². The molecule has 3 rings (SSSR count). The van der Waals surface area contributed by atoms with Gasteiger partial charge in [0, 0.05) is 6.08 Å². The smallest absolute Gasteiger partial charge is 0.330 e. The Bertz CT molecular complexity index is 334. The van der Waals surface area contributed by atoms with E-state index in [-0.39, 0.29) is 5.97 Å². The molecule has 17 heavy (non-hydrogen) atoms. The van der Waals surface area contributed by atoms with Crippen LogP contribution in [0.1, 0.15) is 39.0 Å². The molecule has 0 aromatic rings. The van der Waals surface area contributed by atoms with E-state index in [4.69, 9.17) is 4.74 Å². The fraction of sp³-hybridized carbons (Fsp3) is 0.800. The number of carbonyl (C=O) groups excluding carboxylic acids is 1. The van der Waals surface area contributed by atoms with Gasteiger partial charge in [-0.3, -0.25) is 0 Å². The highest BCUT2D eigenvalue weighted by Gasteiger charge is 2.53. The maximum atomic E-state index is 11.3. The normalized spacial score (nSPS) is 43.2. The van der Waals surface area contributed by atoms with Gasteiger partial charge in [0.05, 0.1) is 6.61 Å². The number of carbonyl (C=O) groups is 1. The molecule has 5 unspecified atom stereocenters. The molecule has 0 aliphatic heterocycles. The summed E-state index contributed by atoms with van der Waals surface area (Å²) in [5.74, 6) is 4.31. The van der Waals surface area contributed by atoms with Gasteiger partial charge in [-0.25, -0.2) is 4.79 Å². The highest BCUT2D eigenvalue weighted by Crippen LogP contribution is 2.60. The first-order valence-electron chi connectivity index (χ1n) is 7.09. The molecule has 94 valence electrons. The zero-order chi connectivity index (χ0) is 11.8. The molecule has 0 spiro atoms. The van der Waals surface area contributed by atoms with Crippen LogP contribution in [0.25, 0.3) is 0 Å². The van der Waals surface area contributed by atoms with E-state index < -0.39 is 0 Å². The van der Waals surface area contributed by atoms with Crippen molar-refractivity contribution in [2.45, 2.75) is 39.0 Å². The summed E-state index contributed by atoms with van der Waals surface area (Å²) in [6.45, 7) is 2.51. The number of ether oxygens (including phenoxy) is 1. The van der Waals surface area contributed by atoms with Gasteiger partial charge in [0.15, 0.2) is 0 Å².